The summed E-state index contributed by atoms with van der Waals surface area (Å²) in [4.78, 5) is 16.3. The van der Waals surface area contributed by atoms with Crippen LogP contribution >= 0.6 is 11.3 Å². The van der Waals surface area contributed by atoms with Gasteiger partial charge in [0, 0.05) is 24.0 Å². The highest BCUT2D eigenvalue weighted by atomic mass is 32.1. The zero-order valence-electron chi connectivity index (χ0n) is 11.0. The average Bonchev–Trinajstić information content (AvgIpc) is 3.17. The first-order valence-corrected chi connectivity index (χ1v) is 6.96. The Kier molecular flexibility index (Phi) is 3.30. The minimum absolute atomic E-state index is 0.206. The van der Waals surface area contributed by atoms with Crippen molar-refractivity contribution in [1.82, 2.24) is 9.55 Å². The Hall–Kier alpha value is -2.85. The summed E-state index contributed by atoms with van der Waals surface area (Å²) >= 11 is 1.31. The molecule has 0 saturated heterocycles. The van der Waals surface area contributed by atoms with E-state index in [4.69, 9.17) is 4.42 Å². The fourth-order valence-electron chi connectivity index (χ4n) is 2.00. The standard InChI is InChI=1S/C14H10N4O2S/c1-9-11(12(19)17-14-16-4-7-21-14)10(8-15)13(20-9)18-5-2-3-6-18/h2-7H,1H3,(H,16,17,19). The third-order valence-electron chi connectivity index (χ3n) is 2.90. The molecule has 0 aliphatic rings. The molecule has 0 aromatic carbocycles. The molecule has 0 fully saturated rings. The van der Waals surface area contributed by atoms with Crippen molar-refractivity contribution in [3.05, 3.63) is 53.0 Å². The molecule has 1 N–H and O–H groups in total. The molecule has 3 heterocycles. The van der Waals surface area contributed by atoms with Gasteiger partial charge in [0.1, 0.15) is 23.0 Å². The van der Waals surface area contributed by atoms with E-state index in [2.05, 4.69) is 10.3 Å². The van der Waals surface area contributed by atoms with Crippen molar-refractivity contribution in [2.24, 2.45) is 0 Å². The van der Waals surface area contributed by atoms with E-state index in [1.165, 1.54) is 11.3 Å². The van der Waals surface area contributed by atoms with Gasteiger partial charge in [-0.2, -0.15) is 5.26 Å². The lowest BCUT2D eigenvalue weighted by Gasteiger charge is -2.00. The molecule has 3 aromatic heterocycles. The summed E-state index contributed by atoms with van der Waals surface area (Å²) in [5.74, 6) is 0.328. The topological polar surface area (TPSA) is 83.8 Å². The summed E-state index contributed by atoms with van der Waals surface area (Å²) in [5, 5.41) is 14.3. The minimum Gasteiger partial charge on any atom is -0.443 e. The maximum Gasteiger partial charge on any atom is 0.262 e. The number of nitriles is 1. The summed E-state index contributed by atoms with van der Waals surface area (Å²) in [7, 11) is 0. The molecule has 0 radical (unpaired) electrons. The van der Waals surface area contributed by atoms with Crippen LogP contribution in [0.1, 0.15) is 21.7 Å². The fourth-order valence-corrected chi connectivity index (χ4v) is 2.53. The Morgan fingerprint density at radius 2 is 2.24 bits per heavy atom. The number of aryl methyl sites for hydroxylation is 1. The number of furan rings is 1. The van der Waals surface area contributed by atoms with E-state index in [0.29, 0.717) is 16.8 Å². The van der Waals surface area contributed by atoms with E-state index in [9.17, 15) is 10.1 Å². The zero-order chi connectivity index (χ0) is 14.8. The Labute approximate surface area is 124 Å². The van der Waals surface area contributed by atoms with Crippen LogP contribution in [0.5, 0.6) is 0 Å². The fraction of sp³-hybridized carbons (Fsp3) is 0.0714. The number of hydrogen-bond donors (Lipinski definition) is 1. The molecule has 0 bridgehead atoms. The first-order chi connectivity index (χ1) is 10.2. The number of hydrogen-bond acceptors (Lipinski definition) is 5. The van der Waals surface area contributed by atoms with Gasteiger partial charge in [-0.1, -0.05) is 0 Å². The molecule has 104 valence electrons. The van der Waals surface area contributed by atoms with E-state index in [0.717, 1.165) is 0 Å². The molecule has 3 rings (SSSR count). The SMILES string of the molecule is Cc1oc(-n2cccc2)c(C#N)c1C(=O)Nc1nccs1. The molecule has 3 aromatic rings. The Balaban J connectivity index is 2.03. The Bertz CT molecular complexity index is 810. The van der Waals surface area contributed by atoms with Crippen LogP contribution < -0.4 is 5.32 Å². The van der Waals surface area contributed by atoms with E-state index in [1.54, 1.807) is 35.5 Å². The third kappa shape index (κ3) is 2.32. The van der Waals surface area contributed by atoms with Gasteiger partial charge in [0.25, 0.3) is 5.91 Å². The van der Waals surface area contributed by atoms with Crippen LogP contribution in [0.15, 0.2) is 40.5 Å². The summed E-state index contributed by atoms with van der Waals surface area (Å²) < 4.78 is 7.24. The second-order valence-electron chi connectivity index (χ2n) is 4.21. The van der Waals surface area contributed by atoms with Crippen molar-refractivity contribution in [3.8, 4) is 12.0 Å². The number of nitrogens with zero attached hydrogens (tertiary/aromatic N) is 3. The number of carbonyl (C=O) groups excluding carboxylic acids is 1. The average molecular weight is 298 g/mol. The summed E-state index contributed by atoms with van der Waals surface area (Å²) in [6, 6.07) is 5.67. The monoisotopic (exact) mass is 298 g/mol. The predicted octanol–water partition coefficient (Wildman–Crippen LogP) is 2.96. The lowest BCUT2D eigenvalue weighted by Crippen LogP contribution is -2.13. The van der Waals surface area contributed by atoms with Gasteiger partial charge in [0.05, 0.1) is 0 Å². The van der Waals surface area contributed by atoms with Gasteiger partial charge >= 0.3 is 0 Å². The van der Waals surface area contributed by atoms with Crippen molar-refractivity contribution in [1.29, 1.82) is 5.26 Å². The molecule has 0 unspecified atom stereocenters. The molecule has 0 aliphatic heterocycles. The number of amides is 1. The van der Waals surface area contributed by atoms with Crippen molar-refractivity contribution in [2.45, 2.75) is 6.92 Å². The maximum atomic E-state index is 12.3. The smallest absolute Gasteiger partial charge is 0.262 e. The third-order valence-corrected chi connectivity index (χ3v) is 3.58. The second kappa shape index (κ2) is 5.26. The number of rotatable bonds is 3. The summed E-state index contributed by atoms with van der Waals surface area (Å²) in [5.41, 5.74) is 0.439. The lowest BCUT2D eigenvalue weighted by atomic mass is 10.1. The van der Waals surface area contributed by atoms with Crippen LogP contribution in [0.2, 0.25) is 0 Å². The van der Waals surface area contributed by atoms with Gasteiger partial charge in [-0.25, -0.2) is 4.98 Å². The van der Waals surface area contributed by atoms with Gasteiger partial charge in [0.2, 0.25) is 5.88 Å². The van der Waals surface area contributed by atoms with Crippen molar-refractivity contribution >= 4 is 22.4 Å². The molecule has 0 saturated carbocycles. The largest absolute Gasteiger partial charge is 0.443 e. The van der Waals surface area contributed by atoms with Crippen LogP contribution in [-0.2, 0) is 0 Å². The number of anilines is 1. The molecule has 7 heteroatoms. The summed E-state index contributed by atoms with van der Waals surface area (Å²) in [6.07, 6.45) is 5.10. The van der Waals surface area contributed by atoms with Crippen molar-refractivity contribution < 1.29 is 9.21 Å². The quantitative estimate of drug-likeness (QED) is 0.805. The first kappa shape index (κ1) is 13.1. The Morgan fingerprint density at radius 3 is 2.86 bits per heavy atom. The number of nitrogens with one attached hydrogen (secondary N) is 1. The Morgan fingerprint density at radius 1 is 1.48 bits per heavy atom. The maximum absolute atomic E-state index is 12.3. The first-order valence-electron chi connectivity index (χ1n) is 6.08. The van der Waals surface area contributed by atoms with Gasteiger partial charge in [-0.3, -0.25) is 14.7 Å². The normalized spacial score (nSPS) is 10.3. The van der Waals surface area contributed by atoms with Gasteiger partial charge in [-0.05, 0) is 19.1 Å². The van der Waals surface area contributed by atoms with Gasteiger partial charge in [0.15, 0.2) is 5.13 Å². The molecule has 0 aliphatic carbocycles. The van der Waals surface area contributed by atoms with E-state index < -0.39 is 5.91 Å². The van der Waals surface area contributed by atoms with Gasteiger partial charge < -0.3 is 4.42 Å². The molecule has 0 atom stereocenters. The van der Waals surface area contributed by atoms with E-state index >= 15 is 0 Å². The highest BCUT2D eigenvalue weighted by molar-refractivity contribution is 7.13. The number of aromatic nitrogens is 2. The highest BCUT2D eigenvalue weighted by Gasteiger charge is 2.24. The highest BCUT2D eigenvalue weighted by Crippen LogP contribution is 2.26. The zero-order valence-corrected chi connectivity index (χ0v) is 11.8. The minimum atomic E-state index is -0.402. The predicted molar refractivity (Wildman–Crippen MR) is 77.6 cm³/mol. The second-order valence-corrected chi connectivity index (χ2v) is 5.10. The molecule has 21 heavy (non-hydrogen) atoms. The molecular weight excluding hydrogens is 288 g/mol. The van der Waals surface area contributed by atoms with E-state index in [1.807, 2.05) is 18.2 Å². The van der Waals surface area contributed by atoms with Crippen molar-refractivity contribution in [3.63, 3.8) is 0 Å². The number of thiazole rings is 1. The van der Waals surface area contributed by atoms with Crippen LogP contribution in [0.4, 0.5) is 5.13 Å². The molecule has 1 amide bonds. The molecular formula is C14H10N4O2S. The summed E-state index contributed by atoms with van der Waals surface area (Å²) in [6.45, 7) is 1.66. The van der Waals surface area contributed by atoms with Crippen molar-refractivity contribution in [2.75, 3.05) is 5.32 Å². The lowest BCUT2D eigenvalue weighted by molar-refractivity contribution is 0.102. The number of carbonyl (C=O) groups is 1. The van der Waals surface area contributed by atoms with Crippen LogP contribution in [0, 0.1) is 18.3 Å². The van der Waals surface area contributed by atoms with E-state index in [-0.39, 0.29) is 11.1 Å². The van der Waals surface area contributed by atoms with Gasteiger partial charge in [-0.15, -0.1) is 11.3 Å². The van der Waals surface area contributed by atoms with Crippen LogP contribution in [0.25, 0.3) is 5.88 Å². The molecule has 6 nitrogen and oxygen atoms in total. The van der Waals surface area contributed by atoms with Crippen LogP contribution in [0.3, 0.4) is 0 Å². The molecule has 0 spiro atoms. The van der Waals surface area contributed by atoms with Crippen LogP contribution in [-0.4, -0.2) is 15.5 Å².